The Morgan fingerprint density at radius 3 is 2.67 bits per heavy atom. The molecule has 1 unspecified atom stereocenters. The molecule has 0 spiro atoms. The minimum absolute atomic E-state index is 0.313. The van der Waals surface area contributed by atoms with Crippen molar-refractivity contribution in [2.24, 2.45) is 0 Å². The topological polar surface area (TPSA) is 12.0 Å². The molecule has 106 valence electrons. The normalized spacial score (nSPS) is 19.0. The first kappa shape index (κ1) is 12.7. The highest BCUT2D eigenvalue weighted by Crippen LogP contribution is 2.40. The van der Waals surface area contributed by atoms with Crippen LogP contribution in [-0.4, -0.2) is 0 Å². The Balaban J connectivity index is 1.82. The highest BCUT2D eigenvalue weighted by Gasteiger charge is 2.25. The molecule has 0 saturated heterocycles. The van der Waals surface area contributed by atoms with Gasteiger partial charge in [0.2, 0.25) is 0 Å². The van der Waals surface area contributed by atoms with Gasteiger partial charge in [0, 0.05) is 11.3 Å². The Morgan fingerprint density at radius 2 is 1.90 bits per heavy atom. The molecule has 0 radical (unpaired) electrons. The Bertz CT molecular complexity index is 768. The van der Waals surface area contributed by atoms with Crippen LogP contribution in [0.1, 0.15) is 46.3 Å². The van der Waals surface area contributed by atoms with Crippen LogP contribution in [0.2, 0.25) is 0 Å². The molecule has 0 fully saturated rings. The van der Waals surface area contributed by atoms with E-state index >= 15 is 0 Å². The first-order valence-electron chi connectivity index (χ1n) is 7.81. The van der Waals surface area contributed by atoms with Crippen LogP contribution in [0.4, 0.5) is 5.69 Å². The van der Waals surface area contributed by atoms with Crippen molar-refractivity contribution in [3.63, 3.8) is 0 Å². The van der Waals surface area contributed by atoms with Gasteiger partial charge in [-0.15, -0.1) is 0 Å². The largest absolute Gasteiger partial charge is 0.374 e. The fraction of sp³-hybridized carbons (Fsp3) is 0.300. The molecule has 1 heteroatoms. The standard InChI is InChI=1S/C20H21N/c1-12-9-15-7-8-16(15)17(10-12)19-11-14(3)20-13(2)5-4-6-18(20)21-19/h4-6,9-11,19,21H,7-8H2,1-3H3. The molecule has 1 aliphatic carbocycles. The summed E-state index contributed by atoms with van der Waals surface area (Å²) in [6.45, 7) is 6.64. The summed E-state index contributed by atoms with van der Waals surface area (Å²) >= 11 is 0. The lowest BCUT2D eigenvalue weighted by Gasteiger charge is -2.32. The molecule has 1 heterocycles. The van der Waals surface area contributed by atoms with Gasteiger partial charge in [-0.25, -0.2) is 0 Å². The first-order valence-corrected chi connectivity index (χ1v) is 7.81. The zero-order chi connectivity index (χ0) is 14.6. The lowest BCUT2D eigenvalue weighted by molar-refractivity contribution is 0.794. The second-order valence-electron chi connectivity index (χ2n) is 6.46. The molecule has 0 saturated carbocycles. The zero-order valence-electron chi connectivity index (χ0n) is 13.0. The molecule has 1 atom stereocenters. The number of anilines is 1. The molecule has 0 bridgehead atoms. The van der Waals surface area contributed by atoms with Crippen molar-refractivity contribution >= 4 is 11.3 Å². The van der Waals surface area contributed by atoms with Crippen molar-refractivity contribution in [1.29, 1.82) is 0 Å². The predicted octanol–water partition coefficient (Wildman–Crippen LogP) is 4.97. The quantitative estimate of drug-likeness (QED) is 0.774. The summed E-state index contributed by atoms with van der Waals surface area (Å²) in [5, 5.41) is 3.74. The summed E-state index contributed by atoms with van der Waals surface area (Å²) < 4.78 is 0. The third-order valence-corrected chi connectivity index (χ3v) is 4.90. The van der Waals surface area contributed by atoms with Gasteiger partial charge in [0.15, 0.2) is 0 Å². The van der Waals surface area contributed by atoms with E-state index in [-0.39, 0.29) is 0 Å². The van der Waals surface area contributed by atoms with Crippen LogP contribution in [0.5, 0.6) is 0 Å². The van der Waals surface area contributed by atoms with Gasteiger partial charge in [0.05, 0.1) is 6.04 Å². The maximum Gasteiger partial charge on any atom is 0.0706 e. The summed E-state index contributed by atoms with van der Waals surface area (Å²) in [4.78, 5) is 0. The summed E-state index contributed by atoms with van der Waals surface area (Å²) in [7, 11) is 0. The van der Waals surface area contributed by atoms with Gasteiger partial charge in [-0.1, -0.05) is 35.9 Å². The molecule has 1 nitrogen and oxygen atoms in total. The van der Waals surface area contributed by atoms with Gasteiger partial charge in [-0.3, -0.25) is 0 Å². The molecule has 21 heavy (non-hydrogen) atoms. The van der Waals surface area contributed by atoms with Crippen LogP contribution < -0.4 is 5.32 Å². The number of hydrogen-bond acceptors (Lipinski definition) is 1. The summed E-state index contributed by atoms with van der Waals surface area (Å²) in [6, 6.07) is 11.6. The number of hydrogen-bond donors (Lipinski definition) is 1. The number of benzene rings is 2. The fourth-order valence-electron chi connectivity index (χ4n) is 3.83. The van der Waals surface area contributed by atoms with Crippen molar-refractivity contribution in [2.75, 3.05) is 5.32 Å². The average Bonchev–Trinajstić information content (AvgIpc) is 2.41. The molecule has 1 aliphatic heterocycles. The molecular weight excluding hydrogens is 254 g/mol. The van der Waals surface area contributed by atoms with Gasteiger partial charge in [-0.05, 0) is 67.5 Å². The van der Waals surface area contributed by atoms with E-state index in [0.717, 1.165) is 0 Å². The molecule has 2 aromatic rings. The summed E-state index contributed by atoms with van der Waals surface area (Å²) in [6.07, 6.45) is 4.87. The Kier molecular flexibility index (Phi) is 2.72. The number of nitrogens with one attached hydrogen (secondary N) is 1. The van der Waals surface area contributed by atoms with Gasteiger partial charge < -0.3 is 5.32 Å². The van der Waals surface area contributed by atoms with Gasteiger partial charge in [0.1, 0.15) is 0 Å². The Hall–Kier alpha value is -2.02. The van der Waals surface area contributed by atoms with Crippen LogP contribution in [0, 0.1) is 13.8 Å². The van der Waals surface area contributed by atoms with E-state index in [0.29, 0.717) is 6.04 Å². The van der Waals surface area contributed by atoms with Crippen molar-refractivity contribution < 1.29 is 0 Å². The number of allylic oxidation sites excluding steroid dienone is 1. The molecule has 2 aromatic carbocycles. The van der Waals surface area contributed by atoms with Crippen LogP contribution in [0.15, 0.2) is 36.4 Å². The third kappa shape index (κ3) is 1.91. The van der Waals surface area contributed by atoms with Crippen molar-refractivity contribution in [1.82, 2.24) is 0 Å². The van der Waals surface area contributed by atoms with E-state index in [1.54, 1.807) is 11.1 Å². The van der Waals surface area contributed by atoms with Crippen molar-refractivity contribution in [3.8, 4) is 0 Å². The molecule has 2 aliphatic rings. The van der Waals surface area contributed by atoms with E-state index in [4.69, 9.17) is 0 Å². The monoisotopic (exact) mass is 275 g/mol. The summed E-state index contributed by atoms with van der Waals surface area (Å²) in [5.74, 6) is 0. The van der Waals surface area contributed by atoms with E-state index in [1.165, 1.54) is 46.4 Å². The van der Waals surface area contributed by atoms with E-state index in [9.17, 15) is 0 Å². The average molecular weight is 275 g/mol. The Morgan fingerprint density at radius 1 is 1.05 bits per heavy atom. The third-order valence-electron chi connectivity index (χ3n) is 4.90. The molecule has 0 aromatic heterocycles. The van der Waals surface area contributed by atoms with Crippen LogP contribution in [0.3, 0.4) is 0 Å². The minimum Gasteiger partial charge on any atom is -0.374 e. The second kappa shape index (κ2) is 4.49. The highest BCUT2D eigenvalue weighted by molar-refractivity contribution is 5.81. The van der Waals surface area contributed by atoms with Crippen molar-refractivity contribution in [3.05, 3.63) is 69.8 Å². The molecular formula is C20H21N. The van der Waals surface area contributed by atoms with Crippen LogP contribution in [0.25, 0.3) is 5.57 Å². The first-order chi connectivity index (χ1) is 10.1. The van der Waals surface area contributed by atoms with Gasteiger partial charge in [-0.2, -0.15) is 0 Å². The maximum atomic E-state index is 3.74. The number of aryl methyl sites for hydroxylation is 3. The van der Waals surface area contributed by atoms with Crippen LogP contribution in [-0.2, 0) is 12.8 Å². The van der Waals surface area contributed by atoms with E-state index in [1.807, 2.05) is 0 Å². The number of fused-ring (bicyclic) bond motifs is 2. The minimum atomic E-state index is 0.313. The number of rotatable bonds is 1. The summed E-state index contributed by atoms with van der Waals surface area (Å²) in [5.41, 5.74) is 11.4. The zero-order valence-corrected chi connectivity index (χ0v) is 13.0. The maximum absolute atomic E-state index is 3.74. The lowest BCUT2D eigenvalue weighted by Crippen LogP contribution is -2.20. The highest BCUT2D eigenvalue weighted by atomic mass is 14.9. The van der Waals surface area contributed by atoms with E-state index < -0.39 is 0 Å². The van der Waals surface area contributed by atoms with E-state index in [2.05, 4.69) is 62.5 Å². The molecule has 4 rings (SSSR count). The smallest absolute Gasteiger partial charge is 0.0706 e. The molecule has 1 N–H and O–H groups in total. The lowest BCUT2D eigenvalue weighted by atomic mass is 9.80. The van der Waals surface area contributed by atoms with Crippen molar-refractivity contribution in [2.45, 2.75) is 39.7 Å². The SMILES string of the molecule is CC1=CC(c2cc(C)cc3c2CC3)Nc2cccc(C)c21. The van der Waals surface area contributed by atoms with Gasteiger partial charge >= 0.3 is 0 Å². The Labute approximate surface area is 126 Å². The molecule has 0 amide bonds. The second-order valence-corrected chi connectivity index (χ2v) is 6.46. The van der Waals surface area contributed by atoms with Crippen LogP contribution >= 0.6 is 0 Å². The predicted molar refractivity (Wildman–Crippen MR) is 89.8 cm³/mol. The van der Waals surface area contributed by atoms with Gasteiger partial charge in [0.25, 0.3) is 0 Å². The fourth-order valence-corrected chi connectivity index (χ4v) is 3.83.